The zero-order valence-electron chi connectivity index (χ0n) is 13.0. The molecule has 1 saturated carbocycles. The van der Waals surface area contributed by atoms with Crippen molar-refractivity contribution in [2.75, 3.05) is 6.54 Å². The highest BCUT2D eigenvalue weighted by Crippen LogP contribution is 2.48. The van der Waals surface area contributed by atoms with Gasteiger partial charge in [-0.2, -0.15) is 0 Å². The fraction of sp³-hybridized carbons (Fsp3) is 1.00. The zero-order chi connectivity index (χ0) is 14.0. The van der Waals surface area contributed by atoms with Gasteiger partial charge in [-0.3, -0.25) is 0 Å². The molecule has 0 heterocycles. The Morgan fingerprint density at radius 2 is 1.56 bits per heavy atom. The van der Waals surface area contributed by atoms with Gasteiger partial charge in [0.15, 0.2) is 0 Å². The summed E-state index contributed by atoms with van der Waals surface area (Å²) >= 11 is 0. The van der Waals surface area contributed by atoms with Gasteiger partial charge in [-0.1, -0.05) is 34.6 Å². The van der Waals surface area contributed by atoms with Crippen LogP contribution in [0.15, 0.2) is 0 Å². The molecule has 0 aromatic carbocycles. The minimum absolute atomic E-state index is 0.0240. The number of aliphatic hydroxyl groups is 1. The van der Waals surface area contributed by atoms with Crippen molar-refractivity contribution in [1.82, 2.24) is 0 Å². The summed E-state index contributed by atoms with van der Waals surface area (Å²) in [5.41, 5.74) is 6.44. The van der Waals surface area contributed by atoms with Gasteiger partial charge in [0.2, 0.25) is 0 Å². The van der Waals surface area contributed by atoms with Crippen LogP contribution >= 0.6 is 0 Å². The Morgan fingerprint density at radius 3 is 1.94 bits per heavy atom. The van der Waals surface area contributed by atoms with E-state index in [2.05, 4.69) is 34.6 Å². The largest absolute Gasteiger partial charge is 0.392 e. The molecule has 1 rings (SSSR count). The second kappa shape index (κ2) is 5.92. The van der Waals surface area contributed by atoms with Crippen molar-refractivity contribution in [3.8, 4) is 0 Å². The lowest BCUT2D eigenvalue weighted by Crippen LogP contribution is -2.48. The molecule has 2 atom stereocenters. The molecule has 2 heteroatoms. The molecule has 1 aliphatic rings. The summed E-state index contributed by atoms with van der Waals surface area (Å²) < 4.78 is 0. The maximum Gasteiger partial charge on any atom is 0.0634 e. The Hall–Kier alpha value is -0.0800. The summed E-state index contributed by atoms with van der Waals surface area (Å²) in [6.45, 7) is 11.9. The van der Waals surface area contributed by atoms with Crippen LogP contribution in [0.2, 0.25) is 0 Å². The van der Waals surface area contributed by atoms with E-state index in [0.717, 1.165) is 19.3 Å². The third-order valence-electron chi connectivity index (χ3n) is 5.02. The lowest BCUT2D eigenvalue weighted by Gasteiger charge is -2.47. The van der Waals surface area contributed by atoms with Crippen molar-refractivity contribution in [2.24, 2.45) is 28.4 Å². The molecule has 2 unspecified atom stereocenters. The average molecular weight is 255 g/mol. The van der Waals surface area contributed by atoms with Crippen LogP contribution in [0.3, 0.4) is 0 Å². The maximum absolute atomic E-state index is 10.7. The Bertz CT molecular complexity index is 250. The van der Waals surface area contributed by atoms with E-state index in [1.165, 1.54) is 12.8 Å². The summed E-state index contributed by atoms with van der Waals surface area (Å²) in [6, 6.07) is 0. The smallest absolute Gasteiger partial charge is 0.0634 e. The van der Waals surface area contributed by atoms with E-state index in [0.29, 0.717) is 23.8 Å². The quantitative estimate of drug-likeness (QED) is 0.789. The first-order valence-corrected chi connectivity index (χ1v) is 7.60. The maximum atomic E-state index is 10.7. The Labute approximate surface area is 113 Å². The molecule has 108 valence electrons. The van der Waals surface area contributed by atoms with Gasteiger partial charge in [-0.05, 0) is 49.4 Å². The van der Waals surface area contributed by atoms with Crippen molar-refractivity contribution >= 4 is 0 Å². The number of hydrogen-bond donors (Lipinski definition) is 2. The summed E-state index contributed by atoms with van der Waals surface area (Å²) in [7, 11) is 0. The van der Waals surface area contributed by atoms with Crippen LogP contribution in [0.1, 0.15) is 66.7 Å². The Balaban J connectivity index is 2.70. The van der Waals surface area contributed by atoms with Crippen LogP contribution < -0.4 is 5.73 Å². The molecule has 0 saturated heterocycles. The van der Waals surface area contributed by atoms with E-state index in [1.807, 2.05) is 0 Å². The molecule has 0 bridgehead atoms. The van der Waals surface area contributed by atoms with Crippen LogP contribution in [0.5, 0.6) is 0 Å². The van der Waals surface area contributed by atoms with E-state index in [1.54, 1.807) is 0 Å². The standard InChI is InChI=1S/C16H33NO/c1-12(2)10-13(3)14(18)16(11-17)8-6-15(4,5)7-9-16/h12-14,18H,6-11,17H2,1-5H3. The van der Waals surface area contributed by atoms with E-state index in [4.69, 9.17) is 5.73 Å². The molecule has 0 spiro atoms. The van der Waals surface area contributed by atoms with Crippen molar-refractivity contribution in [3.05, 3.63) is 0 Å². The molecule has 0 aromatic rings. The second-order valence-corrected chi connectivity index (χ2v) is 7.78. The van der Waals surface area contributed by atoms with Gasteiger partial charge in [0.25, 0.3) is 0 Å². The third-order valence-corrected chi connectivity index (χ3v) is 5.02. The summed E-state index contributed by atoms with van der Waals surface area (Å²) in [5, 5.41) is 10.7. The van der Waals surface area contributed by atoms with Crippen molar-refractivity contribution < 1.29 is 5.11 Å². The highest BCUT2D eigenvalue weighted by molar-refractivity contribution is 4.95. The van der Waals surface area contributed by atoms with Gasteiger partial charge in [-0.25, -0.2) is 0 Å². The summed E-state index contributed by atoms with van der Waals surface area (Å²) in [6.07, 6.45) is 5.40. The lowest BCUT2D eigenvalue weighted by molar-refractivity contribution is -0.0544. The summed E-state index contributed by atoms with van der Waals surface area (Å²) in [5.74, 6) is 0.999. The monoisotopic (exact) mass is 255 g/mol. The summed E-state index contributed by atoms with van der Waals surface area (Å²) in [4.78, 5) is 0. The topological polar surface area (TPSA) is 46.2 Å². The molecular weight excluding hydrogens is 222 g/mol. The van der Waals surface area contributed by atoms with Crippen LogP contribution in [0.4, 0.5) is 0 Å². The third kappa shape index (κ3) is 3.71. The average Bonchev–Trinajstić information content (AvgIpc) is 2.28. The molecule has 0 aliphatic heterocycles. The van der Waals surface area contributed by atoms with Crippen LogP contribution in [0, 0.1) is 22.7 Å². The molecule has 1 fully saturated rings. The predicted octanol–water partition coefficient (Wildman–Crippen LogP) is 3.57. The van der Waals surface area contributed by atoms with Gasteiger partial charge in [0.1, 0.15) is 0 Å². The van der Waals surface area contributed by atoms with Crippen LogP contribution in [0.25, 0.3) is 0 Å². The SMILES string of the molecule is CC(C)CC(C)C(O)C1(CN)CCC(C)(C)CC1. The van der Waals surface area contributed by atoms with Gasteiger partial charge in [0.05, 0.1) is 6.10 Å². The van der Waals surface area contributed by atoms with Gasteiger partial charge < -0.3 is 10.8 Å². The van der Waals surface area contributed by atoms with Gasteiger partial charge >= 0.3 is 0 Å². The molecule has 2 nitrogen and oxygen atoms in total. The van der Waals surface area contributed by atoms with Gasteiger partial charge in [-0.15, -0.1) is 0 Å². The molecule has 18 heavy (non-hydrogen) atoms. The fourth-order valence-corrected chi connectivity index (χ4v) is 3.52. The minimum Gasteiger partial charge on any atom is -0.392 e. The van der Waals surface area contributed by atoms with E-state index in [9.17, 15) is 5.11 Å². The first-order chi connectivity index (χ1) is 8.22. The lowest BCUT2D eigenvalue weighted by atomic mass is 9.60. The Kier molecular flexibility index (Phi) is 5.25. The second-order valence-electron chi connectivity index (χ2n) is 7.78. The molecule has 1 aliphatic carbocycles. The highest BCUT2D eigenvalue weighted by Gasteiger charge is 2.44. The van der Waals surface area contributed by atoms with Gasteiger partial charge in [0, 0.05) is 12.0 Å². The zero-order valence-corrected chi connectivity index (χ0v) is 13.0. The molecule has 0 amide bonds. The first-order valence-electron chi connectivity index (χ1n) is 7.60. The van der Waals surface area contributed by atoms with Crippen LogP contribution in [-0.4, -0.2) is 17.8 Å². The van der Waals surface area contributed by atoms with Crippen molar-refractivity contribution in [3.63, 3.8) is 0 Å². The molecule has 3 N–H and O–H groups in total. The number of rotatable bonds is 5. The van der Waals surface area contributed by atoms with E-state index in [-0.39, 0.29) is 11.5 Å². The minimum atomic E-state index is -0.235. The number of aliphatic hydroxyl groups excluding tert-OH is 1. The number of hydrogen-bond acceptors (Lipinski definition) is 2. The highest BCUT2D eigenvalue weighted by atomic mass is 16.3. The number of nitrogens with two attached hydrogens (primary N) is 1. The van der Waals surface area contributed by atoms with Crippen molar-refractivity contribution in [2.45, 2.75) is 72.8 Å². The predicted molar refractivity (Wildman–Crippen MR) is 78.4 cm³/mol. The Morgan fingerprint density at radius 1 is 1.06 bits per heavy atom. The molecular formula is C16H33NO. The van der Waals surface area contributed by atoms with Crippen LogP contribution in [-0.2, 0) is 0 Å². The van der Waals surface area contributed by atoms with E-state index >= 15 is 0 Å². The fourth-order valence-electron chi connectivity index (χ4n) is 3.52. The van der Waals surface area contributed by atoms with E-state index < -0.39 is 0 Å². The molecule has 0 radical (unpaired) electrons. The molecule has 0 aromatic heterocycles. The normalized spacial score (nSPS) is 26.0. The first kappa shape index (κ1) is 16.0. The van der Waals surface area contributed by atoms with Crippen molar-refractivity contribution in [1.29, 1.82) is 0 Å².